The van der Waals surface area contributed by atoms with Crippen LogP contribution < -0.4 is 9.47 Å². The van der Waals surface area contributed by atoms with E-state index < -0.39 is 0 Å². The number of H-pyrrole nitrogens is 1. The van der Waals surface area contributed by atoms with Crippen LogP contribution in [0, 0.1) is 0 Å². The fraction of sp³-hybridized carbons (Fsp3) is 0.440. The summed E-state index contributed by atoms with van der Waals surface area (Å²) >= 11 is 0. The van der Waals surface area contributed by atoms with Gasteiger partial charge in [0.15, 0.2) is 0 Å². The van der Waals surface area contributed by atoms with Gasteiger partial charge in [0.25, 0.3) is 0 Å². The number of benzene rings is 2. The summed E-state index contributed by atoms with van der Waals surface area (Å²) < 4.78 is 11.5. The molecule has 1 fully saturated rings. The lowest BCUT2D eigenvalue weighted by molar-refractivity contribution is 0.0797. The SMILES string of the molecule is CCN1CCc2c([nH]c3ccc(OC)cc23)C12CCN(CCOc1ccccc1)C2. The normalized spacial score (nSPS) is 21.9. The highest BCUT2D eigenvalue weighted by molar-refractivity contribution is 5.87. The maximum atomic E-state index is 5.96. The van der Waals surface area contributed by atoms with E-state index in [-0.39, 0.29) is 5.54 Å². The molecule has 5 heteroatoms. The van der Waals surface area contributed by atoms with E-state index in [1.807, 2.05) is 30.3 Å². The van der Waals surface area contributed by atoms with E-state index in [4.69, 9.17) is 9.47 Å². The molecule has 0 amide bonds. The fourth-order valence-corrected chi connectivity index (χ4v) is 5.42. The maximum Gasteiger partial charge on any atom is 0.119 e. The number of methoxy groups -OCH3 is 1. The van der Waals surface area contributed by atoms with Gasteiger partial charge in [-0.1, -0.05) is 25.1 Å². The van der Waals surface area contributed by atoms with Crippen LogP contribution in [0.15, 0.2) is 48.5 Å². The zero-order valence-electron chi connectivity index (χ0n) is 18.0. The monoisotopic (exact) mass is 405 g/mol. The first-order chi connectivity index (χ1) is 14.7. The third kappa shape index (κ3) is 3.26. The number of rotatable bonds is 6. The highest BCUT2D eigenvalue weighted by Crippen LogP contribution is 2.44. The molecule has 2 aromatic carbocycles. The zero-order valence-corrected chi connectivity index (χ0v) is 18.0. The van der Waals surface area contributed by atoms with Gasteiger partial charge in [0.05, 0.1) is 12.6 Å². The van der Waals surface area contributed by atoms with Gasteiger partial charge in [-0.3, -0.25) is 9.80 Å². The van der Waals surface area contributed by atoms with Crippen LogP contribution in [0.4, 0.5) is 0 Å². The van der Waals surface area contributed by atoms with Crippen molar-refractivity contribution in [2.75, 3.05) is 46.4 Å². The smallest absolute Gasteiger partial charge is 0.119 e. The molecule has 3 heterocycles. The van der Waals surface area contributed by atoms with Crippen molar-refractivity contribution in [3.8, 4) is 11.5 Å². The van der Waals surface area contributed by atoms with Gasteiger partial charge in [-0.25, -0.2) is 0 Å². The van der Waals surface area contributed by atoms with E-state index in [1.165, 1.54) is 22.2 Å². The summed E-state index contributed by atoms with van der Waals surface area (Å²) in [5, 5.41) is 1.32. The van der Waals surface area contributed by atoms with Crippen LogP contribution >= 0.6 is 0 Å². The maximum absolute atomic E-state index is 5.96. The van der Waals surface area contributed by atoms with Gasteiger partial charge in [0.1, 0.15) is 18.1 Å². The highest BCUT2D eigenvalue weighted by atomic mass is 16.5. The Bertz CT molecular complexity index is 1020. The quantitative estimate of drug-likeness (QED) is 0.672. The predicted octanol–water partition coefficient (Wildman–Crippen LogP) is 4.03. The number of nitrogens with zero attached hydrogens (tertiary/aromatic N) is 2. The Morgan fingerprint density at radius 1 is 1.07 bits per heavy atom. The molecular weight excluding hydrogens is 374 g/mol. The summed E-state index contributed by atoms with van der Waals surface area (Å²) in [4.78, 5) is 9.05. The van der Waals surface area contributed by atoms with E-state index in [1.54, 1.807) is 7.11 Å². The first-order valence-electron chi connectivity index (χ1n) is 11.1. The Kier molecular flexibility index (Phi) is 5.17. The third-order valence-electron chi connectivity index (χ3n) is 6.94. The number of para-hydroxylation sites is 1. The van der Waals surface area contributed by atoms with Crippen molar-refractivity contribution in [3.05, 3.63) is 59.8 Å². The van der Waals surface area contributed by atoms with Crippen molar-refractivity contribution in [1.29, 1.82) is 0 Å². The van der Waals surface area contributed by atoms with Crippen LogP contribution in [0.5, 0.6) is 11.5 Å². The standard InChI is InChI=1S/C25H31N3O2/c1-3-28-13-11-21-22-17-20(29-2)9-10-23(22)26-24(21)25(28)12-14-27(18-25)15-16-30-19-7-5-4-6-8-19/h4-10,17,26H,3,11-16,18H2,1-2H3. The molecule has 1 saturated heterocycles. The Labute approximate surface area is 178 Å². The Morgan fingerprint density at radius 2 is 1.93 bits per heavy atom. The molecule has 2 aliphatic heterocycles. The first-order valence-corrected chi connectivity index (χ1v) is 11.1. The molecule has 5 nitrogen and oxygen atoms in total. The fourth-order valence-electron chi connectivity index (χ4n) is 5.42. The van der Waals surface area contributed by atoms with E-state index in [0.29, 0.717) is 0 Å². The van der Waals surface area contributed by atoms with Crippen molar-refractivity contribution in [2.24, 2.45) is 0 Å². The minimum atomic E-state index is 0.0708. The molecule has 158 valence electrons. The van der Waals surface area contributed by atoms with Gasteiger partial charge in [-0.05, 0) is 55.3 Å². The number of likely N-dealkylation sites (N-methyl/N-ethyl adjacent to an activating group) is 1. The van der Waals surface area contributed by atoms with Crippen LogP contribution in [0.3, 0.4) is 0 Å². The molecule has 1 atom stereocenters. The Balaban J connectivity index is 1.39. The van der Waals surface area contributed by atoms with Crippen LogP contribution in [0.1, 0.15) is 24.6 Å². The van der Waals surface area contributed by atoms with Crippen molar-refractivity contribution in [3.63, 3.8) is 0 Å². The van der Waals surface area contributed by atoms with Crippen LogP contribution in [-0.2, 0) is 12.0 Å². The third-order valence-corrected chi connectivity index (χ3v) is 6.94. The van der Waals surface area contributed by atoms with Gasteiger partial charge >= 0.3 is 0 Å². The first kappa shape index (κ1) is 19.5. The topological polar surface area (TPSA) is 40.7 Å². The number of aromatic nitrogens is 1. The highest BCUT2D eigenvalue weighted by Gasteiger charge is 2.48. The molecule has 2 aliphatic rings. The number of ether oxygens (including phenoxy) is 2. The molecule has 30 heavy (non-hydrogen) atoms. The number of aromatic amines is 1. The average Bonchev–Trinajstić information content (AvgIpc) is 3.37. The summed E-state index contributed by atoms with van der Waals surface area (Å²) in [6, 6.07) is 16.5. The second-order valence-corrected chi connectivity index (χ2v) is 8.44. The molecule has 0 aliphatic carbocycles. The molecule has 0 bridgehead atoms. The van der Waals surface area contributed by atoms with Crippen molar-refractivity contribution < 1.29 is 9.47 Å². The molecule has 0 saturated carbocycles. The van der Waals surface area contributed by atoms with Gasteiger partial charge in [0, 0.05) is 42.8 Å². The van der Waals surface area contributed by atoms with Gasteiger partial charge in [-0.15, -0.1) is 0 Å². The lowest BCUT2D eigenvalue weighted by atomic mass is 9.84. The lowest BCUT2D eigenvalue weighted by Crippen LogP contribution is -2.52. The average molecular weight is 406 g/mol. The molecule has 1 N–H and O–H groups in total. The zero-order chi connectivity index (χ0) is 20.6. The molecule has 1 aromatic heterocycles. The van der Waals surface area contributed by atoms with Crippen LogP contribution in [0.25, 0.3) is 10.9 Å². The summed E-state index contributed by atoms with van der Waals surface area (Å²) in [5.74, 6) is 1.88. The van der Waals surface area contributed by atoms with E-state index >= 15 is 0 Å². The summed E-state index contributed by atoms with van der Waals surface area (Å²) in [7, 11) is 1.74. The second-order valence-electron chi connectivity index (χ2n) is 8.44. The minimum absolute atomic E-state index is 0.0708. The number of hydrogen-bond acceptors (Lipinski definition) is 4. The molecular formula is C25H31N3O2. The number of likely N-dealkylation sites (tertiary alicyclic amines) is 1. The van der Waals surface area contributed by atoms with Crippen molar-refractivity contribution >= 4 is 10.9 Å². The molecule has 1 spiro atoms. The van der Waals surface area contributed by atoms with E-state index in [9.17, 15) is 0 Å². The second kappa shape index (κ2) is 7.97. The number of hydrogen-bond donors (Lipinski definition) is 1. The molecule has 0 radical (unpaired) electrons. The molecule has 1 unspecified atom stereocenters. The largest absolute Gasteiger partial charge is 0.497 e. The minimum Gasteiger partial charge on any atom is -0.497 e. The van der Waals surface area contributed by atoms with Crippen LogP contribution in [0.2, 0.25) is 0 Å². The summed E-state index contributed by atoms with van der Waals surface area (Å²) in [6.07, 6.45) is 2.25. The summed E-state index contributed by atoms with van der Waals surface area (Å²) in [6.45, 7) is 8.32. The molecule has 3 aromatic rings. The van der Waals surface area contributed by atoms with Crippen molar-refractivity contribution in [1.82, 2.24) is 14.8 Å². The number of fused-ring (bicyclic) bond motifs is 4. The van der Waals surface area contributed by atoms with Gasteiger partial charge in [-0.2, -0.15) is 0 Å². The van der Waals surface area contributed by atoms with Gasteiger partial charge < -0.3 is 14.5 Å². The Hall–Kier alpha value is -2.50. The Morgan fingerprint density at radius 3 is 2.73 bits per heavy atom. The van der Waals surface area contributed by atoms with Crippen LogP contribution in [-0.4, -0.2) is 61.2 Å². The van der Waals surface area contributed by atoms with E-state index in [0.717, 1.165) is 63.7 Å². The molecule has 5 rings (SSSR count). The van der Waals surface area contributed by atoms with Crippen molar-refractivity contribution in [2.45, 2.75) is 25.3 Å². The van der Waals surface area contributed by atoms with Gasteiger partial charge in [0.2, 0.25) is 0 Å². The lowest BCUT2D eigenvalue weighted by Gasteiger charge is -2.44. The number of nitrogens with one attached hydrogen (secondary N) is 1. The van der Waals surface area contributed by atoms with E-state index in [2.05, 4.69) is 39.9 Å². The summed E-state index contributed by atoms with van der Waals surface area (Å²) in [5.41, 5.74) is 4.20. The predicted molar refractivity (Wildman–Crippen MR) is 120 cm³/mol.